The minimum absolute atomic E-state index is 0.0684. The van der Waals surface area contributed by atoms with Crippen LogP contribution in [-0.4, -0.2) is 21.0 Å². The van der Waals surface area contributed by atoms with Crippen LogP contribution in [0.3, 0.4) is 0 Å². The molecule has 8 heteroatoms. The maximum absolute atomic E-state index is 13.7. The van der Waals surface area contributed by atoms with E-state index in [1.807, 2.05) is 0 Å². The molecule has 126 valence electrons. The highest BCUT2D eigenvalue weighted by atomic mass is 19.1. The molecule has 3 rings (SSSR count). The van der Waals surface area contributed by atoms with Gasteiger partial charge >= 0.3 is 5.97 Å². The molecule has 3 aromatic rings. The molecule has 0 radical (unpaired) electrons. The fraction of sp³-hybridized carbons (Fsp3) is 0. The van der Waals surface area contributed by atoms with Crippen LogP contribution in [0, 0.1) is 11.6 Å². The highest BCUT2D eigenvalue weighted by Gasteiger charge is 2.07. The van der Waals surface area contributed by atoms with Gasteiger partial charge in [0.2, 0.25) is 0 Å². The summed E-state index contributed by atoms with van der Waals surface area (Å²) in [6.45, 7) is 0. The van der Waals surface area contributed by atoms with Crippen LogP contribution in [0.1, 0.15) is 10.4 Å². The number of hydrogen-bond acceptors (Lipinski definition) is 5. The molecule has 2 aromatic carbocycles. The zero-order chi connectivity index (χ0) is 17.8. The van der Waals surface area contributed by atoms with Gasteiger partial charge in [-0.05, 0) is 30.3 Å². The van der Waals surface area contributed by atoms with Crippen LogP contribution in [0.25, 0.3) is 0 Å². The maximum Gasteiger partial charge on any atom is 0.335 e. The Hall–Kier alpha value is -3.55. The summed E-state index contributed by atoms with van der Waals surface area (Å²) < 4.78 is 26.6. The second-order valence-electron chi connectivity index (χ2n) is 5.05. The van der Waals surface area contributed by atoms with Crippen LogP contribution in [0.4, 0.5) is 31.8 Å². The number of carboxylic acids is 1. The summed E-state index contributed by atoms with van der Waals surface area (Å²) in [6.07, 6.45) is 1.26. The smallest absolute Gasteiger partial charge is 0.335 e. The topological polar surface area (TPSA) is 87.1 Å². The fourth-order valence-electron chi connectivity index (χ4n) is 2.10. The molecule has 0 saturated carbocycles. The molecule has 0 aliphatic carbocycles. The molecule has 0 aliphatic heterocycles. The van der Waals surface area contributed by atoms with E-state index < -0.39 is 17.6 Å². The van der Waals surface area contributed by atoms with Gasteiger partial charge in [-0.3, -0.25) is 0 Å². The Morgan fingerprint density at radius 2 is 1.72 bits per heavy atom. The number of rotatable bonds is 5. The number of anilines is 4. The van der Waals surface area contributed by atoms with Crippen molar-refractivity contribution in [3.8, 4) is 0 Å². The Bertz CT molecular complexity index is 934. The molecule has 1 heterocycles. The SMILES string of the molecule is O=C(O)c1cccc(Nc2cc(Nc3ccc(F)cc3F)ncn2)c1. The number of nitrogens with zero attached hydrogens (tertiary/aromatic N) is 2. The van der Waals surface area contributed by atoms with Crippen molar-refractivity contribution in [2.45, 2.75) is 0 Å². The second-order valence-corrected chi connectivity index (χ2v) is 5.05. The lowest BCUT2D eigenvalue weighted by Crippen LogP contribution is -2.01. The van der Waals surface area contributed by atoms with Gasteiger partial charge in [0.05, 0.1) is 11.3 Å². The Kier molecular flexibility index (Phi) is 4.51. The lowest BCUT2D eigenvalue weighted by molar-refractivity contribution is 0.0697. The van der Waals surface area contributed by atoms with Crippen molar-refractivity contribution in [1.82, 2.24) is 9.97 Å². The van der Waals surface area contributed by atoms with Crippen molar-refractivity contribution >= 4 is 29.0 Å². The van der Waals surface area contributed by atoms with Crippen LogP contribution < -0.4 is 10.6 Å². The van der Waals surface area contributed by atoms with E-state index in [1.165, 1.54) is 30.6 Å². The number of benzene rings is 2. The Balaban J connectivity index is 1.79. The number of nitrogens with one attached hydrogen (secondary N) is 2. The average molecular weight is 342 g/mol. The van der Waals surface area contributed by atoms with Gasteiger partial charge in [0.15, 0.2) is 0 Å². The highest BCUT2D eigenvalue weighted by Crippen LogP contribution is 2.22. The Morgan fingerprint density at radius 3 is 2.44 bits per heavy atom. The second kappa shape index (κ2) is 6.91. The quantitative estimate of drug-likeness (QED) is 0.651. The van der Waals surface area contributed by atoms with Crippen LogP contribution in [0.5, 0.6) is 0 Å². The van der Waals surface area contributed by atoms with E-state index in [9.17, 15) is 13.6 Å². The molecule has 25 heavy (non-hydrogen) atoms. The third-order valence-corrected chi connectivity index (χ3v) is 3.24. The lowest BCUT2D eigenvalue weighted by atomic mass is 10.2. The summed E-state index contributed by atoms with van der Waals surface area (Å²) in [5, 5.41) is 14.7. The summed E-state index contributed by atoms with van der Waals surface area (Å²) in [6, 6.07) is 10.9. The monoisotopic (exact) mass is 342 g/mol. The van der Waals surface area contributed by atoms with E-state index in [2.05, 4.69) is 20.6 Å². The summed E-state index contributed by atoms with van der Waals surface area (Å²) in [5.74, 6) is -1.80. The van der Waals surface area contributed by atoms with Gasteiger partial charge in [0.1, 0.15) is 29.6 Å². The first-order valence-electron chi connectivity index (χ1n) is 7.16. The van der Waals surface area contributed by atoms with Crippen molar-refractivity contribution in [1.29, 1.82) is 0 Å². The molecule has 3 N–H and O–H groups in total. The highest BCUT2D eigenvalue weighted by molar-refractivity contribution is 5.89. The molecular formula is C17H12F2N4O2. The zero-order valence-electron chi connectivity index (χ0n) is 12.7. The summed E-state index contributed by atoms with van der Waals surface area (Å²) >= 11 is 0. The van der Waals surface area contributed by atoms with Crippen LogP contribution in [0.15, 0.2) is 54.9 Å². The number of hydrogen-bond donors (Lipinski definition) is 3. The summed E-state index contributed by atoms with van der Waals surface area (Å²) in [5.41, 5.74) is 0.724. The predicted molar refractivity (Wildman–Crippen MR) is 88.4 cm³/mol. The van der Waals surface area contributed by atoms with E-state index in [0.717, 1.165) is 12.1 Å². The van der Waals surface area contributed by atoms with Gasteiger partial charge in [0, 0.05) is 17.8 Å². The number of carbonyl (C=O) groups is 1. The van der Waals surface area contributed by atoms with Gasteiger partial charge in [-0.15, -0.1) is 0 Å². The Labute approximate surface area is 141 Å². The molecule has 0 saturated heterocycles. The van der Waals surface area contributed by atoms with Crippen LogP contribution >= 0.6 is 0 Å². The third kappa shape index (κ3) is 4.05. The van der Waals surface area contributed by atoms with Crippen molar-refractivity contribution in [3.05, 3.63) is 72.1 Å². The average Bonchev–Trinajstić information content (AvgIpc) is 2.58. The van der Waals surface area contributed by atoms with E-state index in [1.54, 1.807) is 12.1 Å². The van der Waals surface area contributed by atoms with Gasteiger partial charge in [0.25, 0.3) is 0 Å². The molecule has 0 aliphatic rings. The third-order valence-electron chi connectivity index (χ3n) is 3.24. The first kappa shape index (κ1) is 16.3. The summed E-state index contributed by atoms with van der Waals surface area (Å²) in [7, 11) is 0. The molecule has 1 aromatic heterocycles. The van der Waals surface area contributed by atoms with Gasteiger partial charge in [-0.1, -0.05) is 6.07 Å². The van der Waals surface area contributed by atoms with Gasteiger partial charge < -0.3 is 15.7 Å². The molecule has 0 amide bonds. The zero-order valence-corrected chi connectivity index (χ0v) is 12.7. The van der Waals surface area contributed by atoms with Crippen molar-refractivity contribution < 1.29 is 18.7 Å². The minimum Gasteiger partial charge on any atom is -0.478 e. The molecule has 6 nitrogen and oxygen atoms in total. The molecule has 0 bridgehead atoms. The standard InChI is InChI=1S/C17H12F2N4O2/c18-11-4-5-14(13(19)7-11)23-16-8-15(20-9-21-16)22-12-3-1-2-10(6-12)17(24)25/h1-9H,(H,24,25)(H2,20,21,22,23). The fourth-order valence-corrected chi connectivity index (χ4v) is 2.10. The van der Waals surface area contributed by atoms with Crippen molar-refractivity contribution in [2.75, 3.05) is 10.6 Å². The minimum atomic E-state index is -1.04. The number of aromatic nitrogens is 2. The Morgan fingerprint density at radius 1 is 0.960 bits per heavy atom. The van der Waals surface area contributed by atoms with Gasteiger partial charge in [-0.25, -0.2) is 23.5 Å². The van der Waals surface area contributed by atoms with Crippen LogP contribution in [0.2, 0.25) is 0 Å². The first-order chi connectivity index (χ1) is 12.0. The molecular weight excluding hydrogens is 330 g/mol. The molecule has 0 fully saturated rings. The number of carboxylic acid groups (broad SMARTS) is 1. The number of halogens is 2. The lowest BCUT2D eigenvalue weighted by Gasteiger charge is -2.09. The number of aromatic carboxylic acids is 1. The van der Waals surface area contributed by atoms with E-state index in [4.69, 9.17) is 5.11 Å². The van der Waals surface area contributed by atoms with E-state index in [0.29, 0.717) is 11.5 Å². The van der Waals surface area contributed by atoms with E-state index >= 15 is 0 Å². The van der Waals surface area contributed by atoms with E-state index in [-0.39, 0.29) is 17.1 Å². The largest absolute Gasteiger partial charge is 0.478 e. The van der Waals surface area contributed by atoms with Gasteiger partial charge in [-0.2, -0.15) is 0 Å². The van der Waals surface area contributed by atoms with Crippen LogP contribution in [-0.2, 0) is 0 Å². The predicted octanol–water partition coefficient (Wildman–Crippen LogP) is 3.94. The first-order valence-corrected chi connectivity index (χ1v) is 7.16. The molecule has 0 unspecified atom stereocenters. The van der Waals surface area contributed by atoms with Crippen molar-refractivity contribution in [3.63, 3.8) is 0 Å². The maximum atomic E-state index is 13.7. The summed E-state index contributed by atoms with van der Waals surface area (Å²) in [4.78, 5) is 19.0. The molecule has 0 atom stereocenters. The molecule has 0 spiro atoms. The van der Waals surface area contributed by atoms with Crippen molar-refractivity contribution in [2.24, 2.45) is 0 Å². The normalized spacial score (nSPS) is 10.3.